The number of thiophene rings is 1. The van der Waals surface area contributed by atoms with E-state index in [4.69, 9.17) is 4.74 Å². The summed E-state index contributed by atoms with van der Waals surface area (Å²) in [5, 5.41) is 3.34. The number of rotatable bonds is 6. The molecule has 1 heterocycles. The molecule has 0 bridgehead atoms. The van der Waals surface area contributed by atoms with Crippen molar-refractivity contribution in [2.24, 2.45) is 0 Å². The van der Waals surface area contributed by atoms with Crippen LogP contribution in [0.1, 0.15) is 38.1 Å². The van der Waals surface area contributed by atoms with E-state index in [1.165, 1.54) is 16.9 Å². The second-order valence-electron chi connectivity index (χ2n) is 4.90. The molecule has 2 rings (SSSR count). The minimum Gasteiger partial charge on any atom is -0.462 e. The molecule has 0 fully saturated rings. The van der Waals surface area contributed by atoms with Crippen LogP contribution in [0.2, 0.25) is 0 Å². The van der Waals surface area contributed by atoms with Crippen LogP contribution in [0.15, 0.2) is 30.3 Å². The lowest BCUT2D eigenvalue weighted by atomic mass is 10.1. The first-order valence-electron chi connectivity index (χ1n) is 7.22. The van der Waals surface area contributed by atoms with E-state index in [0.717, 1.165) is 10.6 Å². The molecule has 0 atom stereocenters. The van der Waals surface area contributed by atoms with E-state index in [1.54, 1.807) is 36.9 Å². The first-order chi connectivity index (χ1) is 11.0. The highest BCUT2D eigenvalue weighted by molar-refractivity contribution is 7.97. The zero-order valence-electron chi connectivity index (χ0n) is 13.3. The zero-order valence-corrected chi connectivity index (χ0v) is 15.0. The van der Waals surface area contributed by atoms with Crippen molar-refractivity contribution in [3.8, 4) is 0 Å². The van der Waals surface area contributed by atoms with Crippen molar-refractivity contribution >= 4 is 40.0 Å². The largest absolute Gasteiger partial charge is 0.462 e. The van der Waals surface area contributed by atoms with E-state index in [1.807, 2.05) is 25.3 Å². The number of thioether (sulfide) groups is 1. The van der Waals surface area contributed by atoms with Gasteiger partial charge in [0.05, 0.1) is 12.2 Å². The van der Waals surface area contributed by atoms with E-state index in [2.05, 4.69) is 5.32 Å². The van der Waals surface area contributed by atoms with E-state index in [9.17, 15) is 9.59 Å². The number of amides is 1. The van der Waals surface area contributed by atoms with Crippen molar-refractivity contribution in [1.29, 1.82) is 0 Å². The number of aryl methyl sites for hydroxylation is 1. The van der Waals surface area contributed by atoms with Gasteiger partial charge in [-0.25, -0.2) is 4.79 Å². The number of anilines is 1. The normalized spacial score (nSPS) is 10.4. The number of benzene rings is 1. The number of nitrogens with one attached hydrogen (secondary N) is 1. The SMILES string of the molecule is CCOC(=O)c1cc(C)sc1NC(=O)c1ccc(CSC)cc1. The number of carbonyl (C=O) groups excluding carboxylic acids is 2. The van der Waals surface area contributed by atoms with Crippen LogP contribution in [-0.2, 0) is 10.5 Å². The van der Waals surface area contributed by atoms with E-state index >= 15 is 0 Å². The van der Waals surface area contributed by atoms with Crippen LogP contribution in [-0.4, -0.2) is 24.7 Å². The Labute approximate surface area is 144 Å². The van der Waals surface area contributed by atoms with Gasteiger partial charge in [-0.3, -0.25) is 4.79 Å². The Balaban J connectivity index is 2.15. The van der Waals surface area contributed by atoms with E-state index < -0.39 is 5.97 Å². The summed E-state index contributed by atoms with van der Waals surface area (Å²) in [6, 6.07) is 9.21. The summed E-state index contributed by atoms with van der Waals surface area (Å²) in [6.45, 7) is 3.95. The maximum atomic E-state index is 12.4. The van der Waals surface area contributed by atoms with Crippen molar-refractivity contribution in [2.75, 3.05) is 18.2 Å². The highest BCUT2D eigenvalue weighted by Gasteiger charge is 2.18. The summed E-state index contributed by atoms with van der Waals surface area (Å²) in [4.78, 5) is 25.3. The molecule has 0 saturated heterocycles. The van der Waals surface area contributed by atoms with Crippen LogP contribution < -0.4 is 5.32 Å². The van der Waals surface area contributed by atoms with Gasteiger partial charge in [-0.05, 0) is 43.9 Å². The third-order valence-corrected chi connectivity index (χ3v) is 4.69. The van der Waals surface area contributed by atoms with Crippen LogP contribution in [0, 0.1) is 6.92 Å². The fraction of sp³-hybridized carbons (Fsp3) is 0.294. The second-order valence-corrected chi connectivity index (χ2v) is 7.03. The van der Waals surface area contributed by atoms with Gasteiger partial charge in [0.15, 0.2) is 0 Å². The monoisotopic (exact) mass is 349 g/mol. The Hall–Kier alpha value is -1.79. The quantitative estimate of drug-likeness (QED) is 0.788. The summed E-state index contributed by atoms with van der Waals surface area (Å²) < 4.78 is 5.03. The number of esters is 1. The van der Waals surface area contributed by atoms with Gasteiger partial charge in [-0.15, -0.1) is 11.3 Å². The molecule has 1 aromatic heterocycles. The van der Waals surface area contributed by atoms with Crippen LogP contribution in [0.3, 0.4) is 0 Å². The standard InChI is InChI=1S/C17H19NO3S2/c1-4-21-17(20)14-9-11(2)23-16(14)18-15(19)13-7-5-12(6-8-13)10-22-3/h5-9H,4,10H2,1-3H3,(H,18,19). The van der Waals surface area contributed by atoms with Crippen LogP contribution >= 0.6 is 23.1 Å². The number of hydrogen-bond donors (Lipinski definition) is 1. The molecule has 0 aliphatic heterocycles. The Kier molecular flexibility index (Phi) is 6.24. The first-order valence-corrected chi connectivity index (χ1v) is 9.43. The summed E-state index contributed by atoms with van der Waals surface area (Å²) in [5.41, 5.74) is 2.14. The summed E-state index contributed by atoms with van der Waals surface area (Å²) in [5.74, 6) is 0.273. The van der Waals surface area contributed by atoms with Crippen molar-refractivity contribution in [3.05, 3.63) is 51.9 Å². The Morgan fingerprint density at radius 1 is 1.26 bits per heavy atom. The van der Waals surface area contributed by atoms with Gasteiger partial charge in [0.2, 0.25) is 0 Å². The average molecular weight is 349 g/mol. The van der Waals surface area contributed by atoms with Gasteiger partial charge in [-0.1, -0.05) is 12.1 Å². The van der Waals surface area contributed by atoms with Gasteiger partial charge in [0.1, 0.15) is 5.00 Å². The lowest BCUT2D eigenvalue weighted by Crippen LogP contribution is -2.14. The third kappa shape index (κ3) is 4.59. The van der Waals surface area contributed by atoms with Crippen molar-refractivity contribution in [1.82, 2.24) is 0 Å². The zero-order chi connectivity index (χ0) is 16.8. The van der Waals surface area contributed by atoms with Crippen molar-refractivity contribution < 1.29 is 14.3 Å². The maximum absolute atomic E-state index is 12.4. The smallest absolute Gasteiger partial charge is 0.341 e. The Bertz CT molecular complexity index is 692. The van der Waals surface area contributed by atoms with E-state index in [-0.39, 0.29) is 5.91 Å². The average Bonchev–Trinajstić information content (AvgIpc) is 2.89. The molecule has 1 N–H and O–H groups in total. The molecule has 1 aromatic carbocycles. The molecule has 6 heteroatoms. The van der Waals surface area contributed by atoms with Crippen LogP contribution in [0.5, 0.6) is 0 Å². The third-order valence-electron chi connectivity index (χ3n) is 3.10. The van der Waals surface area contributed by atoms with Gasteiger partial charge >= 0.3 is 5.97 Å². The van der Waals surface area contributed by atoms with Gasteiger partial charge < -0.3 is 10.1 Å². The van der Waals surface area contributed by atoms with Crippen LogP contribution in [0.4, 0.5) is 5.00 Å². The first kappa shape index (κ1) is 17.6. The Morgan fingerprint density at radius 3 is 2.57 bits per heavy atom. The molecule has 1 amide bonds. The molecule has 0 saturated carbocycles. The second kappa shape index (κ2) is 8.17. The molecule has 0 radical (unpaired) electrons. The number of hydrogen-bond acceptors (Lipinski definition) is 5. The predicted molar refractivity (Wildman–Crippen MR) is 96.6 cm³/mol. The molecular formula is C17H19NO3S2. The predicted octanol–water partition coefficient (Wildman–Crippen LogP) is 4.35. The summed E-state index contributed by atoms with van der Waals surface area (Å²) >= 11 is 3.10. The summed E-state index contributed by atoms with van der Waals surface area (Å²) in [7, 11) is 0. The highest BCUT2D eigenvalue weighted by Crippen LogP contribution is 2.28. The fourth-order valence-corrected chi connectivity index (χ4v) is 3.48. The minimum absolute atomic E-state index is 0.229. The van der Waals surface area contributed by atoms with Gasteiger partial charge in [0.25, 0.3) is 5.91 Å². The van der Waals surface area contributed by atoms with E-state index in [0.29, 0.717) is 22.7 Å². The molecule has 2 aromatic rings. The molecular weight excluding hydrogens is 330 g/mol. The molecule has 0 spiro atoms. The van der Waals surface area contributed by atoms with Crippen molar-refractivity contribution in [3.63, 3.8) is 0 Å². The highest BCUT2D eigenvalue weighted by atomic mass is 32.2. The van der Waals surface area contributed by atoms with Crippen LogP contribution in [0.25, 0.3) is 0 Å². The molecule has 122 valence electrons. The lowest BCUT2D eigenvalue weighted by Gasteiger charge is -2.07. The molecule has 0 aliphatic carbocycles. The molecule has 0 unspecified atom stereocenters. The van der Waals surface area contributed by atoms with Gasteiger partial charge in [0, 0.05) is 16.2 Å². The Morgan fingerprint density at radius 2 is 1.96 bits per heavy atom. The molecule has 0 aliphatic rings. The molecule has 4 nitrogen and oxygen atoms in total. The number of ether oxygens (including phenoxy) is 1. The lowest BCUT2D eigenvalue weighted by molar-refractivity contribution is 0.0528. The topological polar surface area (TPSA) is 55.4 Å². The molecule has 23 heavy (non-hydrogen) atoms. The maximum Gasteiger partial charge on any atom is 0.341 e. The summed E-state index contributed by atoms with van der Waals surface area (Å²) in [6.07, 6.45) is 2.04. The fourth-order valence-electron chi connectivity index (χ4n) is 2.06. The number of carbonyl (C=O) groups is 2. The van der Waals surface area contributed by atoms with Gasteiger partial charge in [-0.2, -0.15) is 11.8 Å². The minimum atomic E-state index is -0.414. The van der Waals surface area contributed by atoms with Crippen molar-refractivity contribution in [2.45, 2.75) is 19.6 Å².